The molecule has 0 bridgehead atoms. The molecule has 3 heterocycles. The van der Waals surface area contributed by atoms with Gasteiger partial charge in [0.05, 0.1) is 5.69 Å². The Morgan fingerprint density at radius 1 is 1.17 bits per heavy atom. The highest BCUT2D eigenvalue weighted by molar-refractivity contribution is 5.94. The summed E-state index contributed by atoms with van der Waals surface area (Å²) in [5.41, 5.74) is 4.88. The van der Waals surface area contributed by atoms with Gasteiger partial charge in [-0.25, -0.2) is 4.68 Å². The number of aromatic nitrogens is 3. The Hall–Kier alpha value is -3.28. The molecular weight excluding hydrogens is 364 g/mol. The third kappa shape index (κ3) is 4.26. The molecule has 0 aliphatic carbocycles. The number of pyridine rings is 1. The molecule has 3 aromatic rings. The van der Waals surface area contributed by atoms with Gasteiger partial charge in [-0.05, 0) is 56.0 Å². The largest absolute Gasteiger partial charge is 0.312 e. The van der Waals surface area contributed by atoms with Crippen molar-refractivity contribution >= 4 is 11.6 Å². The maximum absolute atomic E-state index is 12.8. The van der Waals surface area contributed by atoms with Crippen molar-refractivity contribution in [2.75, 3.05) is 11.4 Å². The van der Waals surface area contributed by atoms with Crippen molar-refractivity contribution in [3.05, 3.63) is 76.3 Å². The Labute approximate surface area is 169 Å². The van der Waals surface area contributed by atoms with Crippen LogP contribution in [0.5, 0.6) is 0 Å². The van der Waals surface area contributed by atoms with Gasteiger partial charge in [0.25, 0.3) is 5.56 Å². The first-order chi connectivity index (χ1) is 14.1. The van der Waals surface area contributed by atoms with Gasteiger partial charge in [-0.3, -0.25) is 14.6 Å². The van der Waals surface area contributed by atoms with Gasteiger partial charge in [0.1, 0.15) is 0 Å². The first-order valence-corrected chi connectivity index (χ1v) is 10.0. The van der Waals surface area contributed by atoms with Gasteiger partial charge in [-0.1, -0.05) is 17.7 Å². The smallest absolute Gasteiger partial charge is 0.266 e. The number of rotatable bonds is 5. The minimum Gasteiger partial charge on any atom is -0.312 e. The SMILES string of the molecule is Cc1ccc2c(c1)CCCN2C(=O)CCCn1nc(-c2cccnc2)ccc1=O. The fourth-order valence-electron chi connectivity index (χ4n) is 3.78. The number of anilines is 1. The van der Waals surface area contributed by atoms with Crippen LogP contribution in [0.1, 0.15) is 30.4 Å². The van der Waals surface area contributed by atoms with Gasteiger partial charge >= 0.3 is 0 Å². The molecule has 1 aliphatic rings. The Balaban J connectivity index is 1.42. The van der Waals surface area contributed by atoms with E-state index in [4.69, 9.17) is 0 Å². The molecule has 0 saturated carbocycles. The molecule has 0 radical (unpaired) electrons. The van der Waals surface area contributed by atoms with Crippen LogP contribution in [0.2, 0.25) is 0 Å². The number of carbonyl (C=O) groups excluding carboxylic acids is 1. The molecule has 0 atom stereocenters. The fourth-order valence-corrected chi connectivity index (χ4v) is 3.78. The lowest BCUT2D eigenvalue weighted by molar-refractivity contribution is -0.118. The summed E-state index contributed by atoms with van der Waals surface area (Å²) in [5, 5.41) is 4.44. The van der Waals surface area contributed by atoms with Crippen molar-refractivity contribution in [2.24, 2.45) is 0 Å². The molecule has 1 amide bonds. The van der Waals surface area contributed by atoms with Gasteiger partial charge in [0.15, 0.2) is 0 Å². The first kappa shape index (κ1) is 19.1. The molecule has 6 heteroatoms. The van der Waals surface area contributed by atoms with E-state index in [1.807, 2.05) is 23.1 Å². The van der Waals surface area contributed by atoms with E-state index in [1.54, 1.807) is 18.5 Å². The number of aryl methyl sites for hydroxylation is 3. The van der Waals surface area contributed by atoms with E-state index in [-0.39, 0.29) is 11.5 Å². The summed E-state index contributed by atoms with van der Waals surface area (Å²) in [6, 6.07) is 13.2. The van der Waals surface area contributed by atoms with Crippen LogP contribution in [0.4, 0.5) is 5.69 Å². The van der Waals surface area contributed by atoms with Crippen molar-refractivity contribution in [1.82, 2.24) is 14.8 Å². The second-order valence-corrected chi connectivity index (χ2v) is 7.41. The summed E-state index contributed by atoms with van der Waals surface area (Å²) in [5.74, 6) is 0.103. The van der Waals surface area contributed by atoms with Gasteiger partial charge in [-0.15, -0.1) is 0 Å². The third-order valence-corrected chi connectivity index (χ3v) is 5.24. The summed E-state index contributed by atoms with van der Waals surface area (Å²) in [4.78, 5) is 31.0. The molecule has 2 aromatic heterocycles. The highest BCUT2D eigenvalue weighted by Crippen LogP contribution is 2.28. The molecule has 0 fully saturated rings. The maximum Gasteiger partial charge on any atom is 0.266 e. The topological polar surface area (TPSA) is 68.1 Å². The van der Waals surface area contributed by atoms with Crippen molar-refractivity contribution in [2.45, 2.75) is 39.2 Å². The van der Waals surface area contributed by atoms with Gasteiger partial charge < -0.3 is 4.90 Å². The Morgan fingerprint density at radius 3 is 2.90 bits per heavy atom. The molecule has 0 unspecified atom stereocenters. The quantitative estimate of drug-likeness (QED) is 0.672. The average Bonchev–Trinajstić information content (AvgIpc) is 2.75. The summed E-state index contributed by atoms with van der Waals surface area (Å²) < 4.78 is 1.43. The zero-order chi connectivity index (χ0) is 20.2. The molecule has 0 spiro atoms. The molecule has 29 heavy (non-hydrogen) atoms. The zero-order valence-corrected chi connectivity index (χ0v) is 16.5. The average molecular weight is 388 g/mol. The highest BCUT2D eigenvalue weighted by Gasteiger charge is 2.22. The van der Waals surface area contributed by atoms with Crippen molar-refractivity contribution in [1.29, 1.82) is 0 Å². The molecule has 1 aromatic carbocycles. The van der Waals surface area contributed by atoms with E-state index in [9.17, 15) is 9.59 Å². The highest BCUT2D eigenvalue weighted by atomic mass is 16.2. The monoisotopic (exact) mass is 388 g/mol. The predicted octanol–water partition coefficient (Wildman–Crippen LogP) is 3.37. The molecule has 1 aliphatic heterocycles. The van der Waals surface area contributed by atoms with Crippen molar-refractivity contribution in [3.8, 4) is 11.3 Å². The Morgan fingerprint density at radius 2 is 2.07 bits per heavy atom. The van der Waals surface area contributed by atoms with Gasteiger partial charge in [-0.2, -0.15) is 5.10 Å². The second kappa shape index (κ2) is 8.39. The Kier molecular flexibility index (Phi) is 5.51. The van der Waals surface area contributed by atoms with Crippen LogP contribution in [-0.2, 0) is 17.8 Å². The van der Waals surface area contributed by atoms with Crippen LogP contribution in [0.15, 0.2) is 59.7 Å². The number of carbonyl (C=O) groups is 1. The summed E-state index contributed by atoms with van der Waals surface area (Å²) in [6.45, 7) is 3.24. The molecular formula is C23H24N4O2. The lowest BCUT2D eigenvalue weighted by Gasteiger charge is -2.30. The van der Waals surface area contributed by atoms with Crippen LogP contribution in [0.25, 0.3) is 11.3 Å². The van der Waals surface area contributed by atoms with E-state index in [1.165, 1.54) is 21.9 Å². The van der Waals surface area contributed by atoms with E-state index >= 15 is 0 Å². The summed E-state index contributed by atoms with van der Waals surface area (Å²) in [6.07, 6.45) is 6.37. The van der Waals surface area contributed by atoms with Crippen LogP contribution >= 0.6 is 0 Å². The standard InChI is InChI=1S/C23H24N4O2/c1-17-8-10-21-18(15-17)6-3-13-26(21)22(28)7-4-14-27-23(29)11-9-20(25-27)19-5-2-12-24-16-19/h2,5,8-12,15-16H,3-4,6-7,13-14H2,1H3. The molecule has 0 saturated heterocycles. The zero-order valence-electron chi connectivity index (χ0n) is 16.5. The lowest BCUT2D eigenvalue weighted by atomic mass is 9.99. The third-order valence-electron chi connectivity index (χ3n) is 5.24. The second-order valence-electron chi connectivity index (χ2n) is 7.41. The number of fused-ring (bicyclic) bond motifs is 1. The number of amides is 1. The fraction of sp³-hybridized carbons (Fsp3) is 0.304. The van der Waals surface area contributed by atoms with E-state index < -0.39 is 0 Å². The maximum atomic E-state index is 12.8. The van der Waals surface area contributed by atoms with Gasteiger partial charge in [0.2, 0.25) is 5.91 Å². The predicted molar refractivity (Wildman–Crippen MR) is 113 cm³/mol. The van der Waals surface area contributed by atoms with Crippen molar-refractivity contribution < 1.29 is 4.79 Å². The number of hydrogen-bond donors (Lipinski definition) is 0. The summed E-state index contributed by atoms with van der Waals surface area (Å²) in [7, 11) is 0. The summed E-state index contributed by atoms with van der Waals surface area (Å²) >= 11 is 0. The Bertz CT molecular complexity index is 1080. The number of benzene rings is 1. The molecule has 0 N–H and O–H groups in total. The molecule has 4 rings (SSSR count). The minimum atomic E-state index is -0.163. The molecule has 6 nitrogen and oxygen atoms in total. The van der Waals surface area contributed by atoms with Crippen LogP contribution in [-0.4, -0.2) is 27.2 Å². The normalized spacial score (nSPS) is 13.2. The van der Waals surface area contributed by atoms with Crippen LogP contribution < -0.4 is 10.5 Å². The van der Waals surface area contributed by atoms with E-state index in [0.29, 0.717) is 25.1 Å². The van der Waals surface area contributed by atoms with Crippen molar-refractivity contribution in [3.63, 3.8) is 0 Å². The number of hydrogen-bond acceptors (Lipinski definition) is 4. The van der Waals surface area contributed by atoms with Crippen LogP contribution in [0, 0.1) is 6.92 Å². The first-order valence-electron chi connectivity index (χ1n) is 10.0. The minimum absolute atomic E-state index is 0.103. The van der Waals surface area contributed by atoms with E-state index in [0.717, 1.165) is 30.6 Å². The number of nitrogens with zero attached hydrogens (tertiary/aromatic N) is 4. The van der Waals surface area contributed by atoms with Crippen LogP contribution in [0.3, 0.4) is 0 Å². The van der Waals surface area contributed by atoms with Gasteiger partial charge in [0, 0.05) is 49.2 Å². The lowest BCUT2D eigenvalue weighted by Crippen LogP contribution is -2.35. The molecule has 148 valence electrons. The van der Waals surface area contributed by atoms with E-state index in [2.05, 4.69) is 29.1 Å².